The Morgan fingerprint density at radius 1 is 1.07 bits per heavy atom. The average Bonchev–Trinajstić information content (AvgIpc) is 3.54. The van der Waals surface area contributed by atoms with Crippen molar-refractivity contribution in [2.45, 2.75) is 25.9 Å². The second kappa shape index (κ2) is 10.4. The third-order valence-corrected chi connectivity index (χ3v) is 8.49. The van der Waals surface area contributed by atoms with E-state index in [-0.39, 0.29) is 23.8 Å². The highest BCUT2D eigenvalue weighted by molar-refractivity contribution is 7.17. The molecule has 204 valence electrons. The number of carbonyl (C=O) groups excluding carboxylic acids is 2. The molecule has 4 heterocycles. The number of aliphatic hydroxyl groups is 1. The second-order valence-electron chi connectivity index (χ2n) is 9.99. The molecule has 10 heteroatoms. The smallest absolute Gasteiger partial charge is 0.276 e. The van der Waals surface area contributed by atoms with E-state index in [0.717, 1.165) is 10.4 Å². The number of aryl methyl sites for hydroxylation is 1. The van der Waals surface area contributed by atoms with E-state index in [2.05, 4.69) is 10.3 Å². The van der Waals surface area contributed by atoms with Gasteiger partial charge in [0.05, 0.1) is 22.4 Å². The molecule has 0 radical (unpaired) electrons. The molecule has 2 aliphatic rings. The quantitative estimate of drug-likeness (QED) is 0.348. The van der Waals surface area contributed by atoms with Crippen LogP contribution in [0.4, 0.5) is 26.0 Å². The normalized spacial score (nSPS) is 16.4. The van der Waals surface area contributed by atoms with Crippen molar-refractivity contribution in [2.24, 2.45) is 0 Å². The van der Waals surface area contributed by atoms with E-state index in [0.29, 0.717) is 53.4 Å². The molecule has 7 nitrogen and oxygen atoms in total. The minimum atomic E-state index is -0.514. The monoisotopic (exact) mass is 560 g/mol. The summed E-state index contributed by atoms with van der Waals surface area (Å²) in [7, 11) is 0. The zero-order valence-electron chi connectivity index (χ0n) is 21.7. The number of carbonyl (C=O) groups is 2. The van der Waals surface area contributed by atoms with Gasteiger partial charge in [0.15, 0.2) is 0 Å². The van der Waals surface area contributed by atoms with Gasteiger partial charge >= 0.3 is 0 Å². The standard InChI is InChI=1S/C30H26F2N4O3S/c1-17-4-2-5-22(32)27(17)34-29(38)25-14-18-10-13-36(24-15-19(31)8-9-21(24)28(18)40-25)30(39)23-6-3-7-26(33-23)35-12-11-20(37)16-35/h2-9,14-15,20,37H,10-13,16H2,1H3,(H,34,38)/t20-/m0/s1. The first-order valence-electron chi connectivity index (χ1n) is 13.0. The summed E-state index contributed by atoms with van der Waals surface area (Å²) in [4.78, 5) is 36.0. The molecule has 2 amide bonds. The number of aliphatic hydroxyl groups excluding tert-OH is 1. The molecule has 1 fully saturated rings. The first-order valence-corrected chi connectivity index (χ1v) is 13.8. The lowest BCUT2D eigenvalue weighted by molar-refractivity contribution is 0.0981. The van der Waals surface area contributed by atoms with Crippen molar-refractivity contribution in [3.05, 3.63) is 94.0 Å². The fraction of sp³-hybridized carbons (Fsp3) is 0.233. The van der Waals surface area contributed by atoms with Crippen LogP contribution >= 0.6 is 11.3 Å². The van der Waals surface area contributed by atoms with Crippen LogP contribution in [0.25, 0.3) is 10.4 Å². The van der Waals surface area contributed by atoms with Crippen molar-refractivity contribution in [1.29, 1.82) is 0 Å². The van der Waals surface area contributed by atoms with Gasteiger partial charge < -0.3 is 20.2 Å². The minimum Gasteiger partial charge on any atom is -0.391 e. The van der Waals surface area contributed by atoms with Crippen LogP contribution in [-0.2, 0) is 6.42 Å². The predicted octanol–water partition coefficient (Wildman–Crippen LogP) is 5.42. The van der Waals surface area contributed by atoms with Crippen LogP contribution in [0, 0.1) is 18.6 Å². The number of halogens is 2. The van der Waals surface area contributed by atoms with E-state index in [1.807, 2.05) is 4.90 Å². The number of nitrogens with one attached hydrogen (secondary N) is 1. The zero-order chi connectivity index (χ0) is 28.0. The second-order valence-corrected chi connectivity index (χ2v) is 11.0. The van der Waals surface area contributed by atoms with Gasteiger partial charge in [0, 0.05) is 30.1 Å². The molecule has 2 aliphatic heterocycles. The molecule has 2 aromatic heterocycles. The Labute approximate surface area is 233 Å². The largest absolute Gasteiger partial charge is 0.391 e. The Morgan fingerprint density at radius 2 is 1.90 bits per heavy atom. The highest BCUT2D eigenvalue weighted by atomic mass is 32.1. The van der Waals surface area contributed by atoms with Crippen LogP contribution in [-0.4, -0.2) is 47.6 Å². The number of pyridine rings is 1. The van der Waals surface area contributed by atoms with E-state index in [1.165, 1.54) is 34.4 Å². The summed E-state index contributed by atoms with van der Waals surface area (Å²) in [5, 5.41) is 12.6. The molecular weight excluding hydrogens is 534 g/mol. The van der Waals surface area contributed by atoms with Crippen molar-refractivity contribution in [2.75, 3.05) is 34.8 Å². The summed E-state index contributed by atoms with van der Waals surface area (Å²) < 4.78 is 28.8. The van der Waals surface area contributed by atoms with Crippen LogP contribution in [0.5, 0.6) is 0 Å². The SMILES string of the molecule is Cc1cccc(F)c1NC(=O)c1cc2c(s1)-c1ccc(F)cc1N(C(=O)c1cccc(N3CC[C@H](O)C3)n1)CC2. The van der Waals surface area contributed by atoms with E-state index in [1.54, 1.807) is 49.4 Å². The molecule has 2 N–H and O–H groups in total. The first kappa shape index (κ1) is 26.1. The number of thiophene rings is 1. The van der Waals surface area contributed by atoms with Crippen LogP contribution in [0.2, 0.25) is 0 Å². The Balaban J connectivity index is 1.32. The lowest BCUT2D eigenvalue weighted by Gasteiger charge is -2.24. The van der Waals surface area contributed by atoms with Crippen LogP contribution in [0.3, 0.4) is 0 Å². The van der Waals surface area contributed by atoms with Gasteiger partial charge in [-0.15, -0.1) is 11.3 Å². The number of β-amino-alcohol motifs (C(OH)–C–C–N with tert-alkyl or cyclic N) is 1. The number of aromatic nitrogens is 1. The number of hydrogen-bond acceptors (Lipinski definition) is 6. The highest BCUT2D eigenvalue weighted by Gasteiger charge is 2.30. The zero-order valence-corrected chi connectivity index (χ0v) is 22.5. The Kier molecular flexibility index (Phi) is 6.81. The lowest BCUT2D eigenvalue weighted by atomic mass is 10.1. The van der Waals surface area contributed by atoms with Gasteiger partial charge in [-0.25, -0.2) is 13.8 Å². The lowest BCUT2D eigenvalue weighted by Crippen LogP contribution is -2.33. The molecular formula is C30H26F2N4O3S. The maximum absolute atomic E-state index is 14.5. The van der Waals surface area contributed by atoms with Crippen molar-refractivity contribution in [3.8, 4) is 10.4 Å². The van der Waals surface area contributed by atoms with Crippen molar-refractivity contribution >= 4 is 40.3 Å². The van der Waals surface area contributed by atoms with Crippen molar-refractivity contribution in [3.63, 3.8) is 0 Å². The summed E-state index contributed by atoms with van der Waals surface area (Å²) in [6.07, 6.45) is 0.641. The van der Waals surface area contributed by atoms with Gasteiger partial charge in [0.2, 0.25) is 0 Å². The molecule has 2 aromatic carbocycles. The summed E-state index contributed by atoms with van der Waals surface area (Å²) in [6, 6.07) is 15.8. The number of rotatable bonds is 4. The Hall–Kier alpha value is -4.15. The third kappa shape index (κ3) is 4.84. The van der Waals surface area contributed by atoms with E-state index in [9.17, 15) is 23.5 Å². The van der Waals surface area contributed by atoms with E-state index >= 15 is 0 Å². The number of nitrogens with zero attached hydrogens (tertiary/aromatic N) is 3. The van der Waals surface area contributed by atoms with E-state index < -0.39 is 23.6 Å². The van der Waals surface area contributed by atoms with Crippen LogP contribution in [0.15, 0.2) is 60.7 Å². The number of fused-ring (bicyclic) bond motifs is 3. The Bertz CT molecular complexity index is 1620. The van der Waals surface area contributed by atoms with Crippen molar-refractivity contribution in [1.82, 2.24) is 4.98 Å². The number of anilines is 3. The number of benzene rings is 2. The molecule has 0 saturated carbocycles. The maximum atomic E-state index is 14.5. The van der Waals surface area contributed by atoms with Gasteiger partial charge in [-0.2, -0.15) is 0 Å². The predicted molar refractivity (Wildman–Crippen MR) is 151 cm³/mol. The van der Waals surface area contributed by atoms with Gasteiger partial charge in [0.25, 0.3) is 11.8 Å². The number of para-hydroxylation sites is 1. The van der Waals surface area contributed by atoms with Gasteiger partial charge in [0.1, 0.15) is 23.1 Å². The molecule has 40 heavy (non-hydrogen) atoms. The number of amides is 2. The molecule has 1 saturated heterocycles. The minimum absolute atomic E-state index is 0.133. The summed E-state index contributed by atoms with van der Waals surface area (Å²) >= 11 is 1.22. The van der Waals surface area contributed by atoms with Gasteiger partial charge in [-0.1, -0.05) is 18.2 Å². The molecule has 0 spiro atoms. The van der Waals surface area contributed by atoms with E-state index in [4.69, 9.17) is 0 Å². The Morgan fingerprint density at radius 3 is 2.67 bits per heavy atom. The molecule has 4 aromatic rings. The van der Waals surface area contributed by atoms with Crippen LogP contribution < -0.4 is 15.1 Å². The topological polar surface area (TPSA) is 85.8 Å². The fourth-order valence-corrected chi connectivity index (χ4v) is 6.35. The molecule has 0 bridgehead atoms. The average molecular weight is 561 g/mol. The van der Waals surface area contributed by atoms with Crippen LogP contribution in [0.1, 0.15) is 37.7 Å². The summed E-state index contributed by atoms with van der Waals surface area (Å²) in [6.45, 7) is 3.07. The number of hydrogen-bond donors (Lipinski definition) is 2. The fourth-order valence-electron chi connectivity index (χ4n) is 5.21. The summed E-state index contributed by atoms with van der Waals surface area (Å²) in [5.41, 5.74) is 2.84. The third-order valence-electron chi connectivity index (χ3n) is 7.28. The molecule has 0 aliphatic carbocycles. The highest BCUT2D eigenvalue weighted by Crippen LogP contribution is 2.42. The molecule has 1 atom stereocenters. The molecule has 6 rings (SSSR count). The van der Waals surface area contributed by atoms with Crippen molar-refractivity contribution < 1.29 is 23.5 Å². The van der Waals surface area contributed by atoms with Gasteiger partial charge in [-0.05, 0) is 73.4 Å². The van der Waals surface area contributed by atoms with Gasteiger partial charge in [-0.3, -0.25) is 9.59 Å². The maximum Gasteiger partial charge on any atom is 0.276 e. The molecule has 0 unspecified atom stereocenters. The summed E-state index contributed by atoms with van der Waals surface area (Å²) in [5.74, 6) is -1.19. The first-order chi connectivity index (χ1) is 19.3.